The molecule has 0 rings (SSSR count). The molecule has 0 bridgehead atoms. The summed E-state index contributed by atoms with van der Waals surface area (Å²) in [5.74, 6) is -56.9. The van der Waals surface area contributed by atoms with Crippen LogP contribution >= 0.6 is 0 Å². The van der Waals surface area contributed by atoms with Gasteiger partial charge in [0, 0.05) is 12.5 Å². The first kappa shape index (κ1) is 43.7. The Balaban J connectivity index is 0. The molecule has 0 aromatic heterocycles. The SMILES string of the molecule is CCCN(OC(=O)CC[C@H](N)C(=O)[O-])S(=O)(=O)C(F)(F)C(F)(F)C(F)(F)C(F)(F)C(F)(F)C(F)(F)C(F)(F)C(F)(F)F.[Na+]. The number of hydrogen-bond donors (Lipinski definition) is 1. The molecule has 8 nitrogen and oxygen atoms in total. The maximum absolute atomic E-state index is 14.3. The van der Waals surface area contributed by atoms with Gasteiger partial charge in [-0.25, -0.2) is 8.42 Å². The van der Waals surface area contributed by atoms with Gasteiger partial charge in [0.25, 0.3) is 0 Å². The van der Waals surface area contributed by atoms with Crippen LogP contribution in [0.4, 0.5) is 74.6 Å². The van der Waals surface area contributed by atoms with Crippen molar-refractivity contribution in [3.8, 4) is 0 Å². The van der Waals surface area contributed by atoms with E-state index >= 15 is 0 Å². The number of nitrogens with two attached hydrogens (primary N) is 1. The third-order valence-electron chi connectivity index (χ3n) is 4.86. The smallest absolute Gasteiger partial charge is 0.548 e. The number of sulfonamides is 1. The largest absolute Gasteiger partial charge is 1.00 e. The van der Waals surface area contributed by atoms with Crippen LogP contribution in [0.5, 0.6) is 0 Å². The minimum absolute atomic E-state index is 0. The minimum atomic E-state index is -9.02. The molecule has 1 atom stereocenters. The molecule has 0 saturated carbocycles. The van der Waals surface area contributed by atoms with E-state index in [1.807, 2.05) is 0 Å². The molecule has 0 radical (unpaired) electrons. The number of aliphatic carboxylic acids is 1. The van der Waals surface area contributed by atoms with Gasteiger partial charge in [0.1, 0.15) is 0 Å². The maximum Gasteiger partial charge on any atom is 1.00 e. The van der Waals surface area contributed by atoms with Gasteiger partial charge in [0.05, 0.1) is 12.5 Å². The predicted octanol–water partition coefficient (Wildman–Crippen LogP) is 0.315. The Kier molecular flexibility index (Phi) is 13.4. The Bertz CT molecular complexity index is 1120. The molecule has 27 heteroatoms. The number of halogens is 17. The summed E-state index contributed by atoms with van der Waals surface area (Å²) in [4.78, 5) is 25.7. The Morgan fingerprint density at radius 1 is 0.744 bits per heavy atom. The van der Waals surface area contributed by atoms with Crippen molar-refractivity contribution in [2.45, 2.75) is 79.2 Å². The molecule has 43 heavy (non-hydrogen) atoms. The van der Waals surface area contributed by atoms with Crippen LogP contribution in [-0.4, -0.2) is 84.4 Å². The van der Waals surface area contributed by atoms with Crippen LogP contribution in [0, 0.1) is 0 Å². The predicted molar refractivity (Wildman–Crippen MR) is 94.9 cm³/mol. The van der Waals surface area contributed by atoms with E-state index in [0.29, 0.717) is 0 Å². The molecule has 2 N–H and O–H groups in total. The summed E-state index contributed by atoms with van der Waals surface area (Å²) < 4.78 is 250. The molecular formula is C16H14F17N2NaO6S. The Morgan fingerprint density at radius 2 is 1.09 bits per heavy atom. The van der Waals surface area contributed by atoms with Gasteiger partial charge in [-0.15, -0.1) is 0 Å². The first-order valence-electron chi connectivity index (χ1n) is 10.1. The number of hydrogen-bond acceptors (Lipinski definition) is 7. The normalized spacial score (nSPS) is 15.6. The Morgan fingerprint density at radius 3 is 1.42 bits per heavy atom. The quantitative estimate of drug-likeness (QED) is 0.148. The van der Waals surface area contributed by atoms with Crippen molar-refractivity contribution < 1.29 is 132 Å². The summed E-state index contributed by atoms with van der Waals surface area (Å²) in [6.45, 7) is -1.01. The molecule has 0 unspecified atom stereocenters. The maximum atomic E-state index is 14.3. The van der Waals surface area contributed by atoms with E-state index in [2.05, 4.69) is 4.84 Å². The number of hydroxylamine groups is 1. The van der Waals surface area contributed by atoms with Crippen LogP contribution in [0.15, 0.2) is 0 Å². The number of rotatable bonds is 15. The first-order chi connectivity index (χ1) is 18.2. The average molecular weight is 708 g/mol. The molecule has 0 fully saturated rings. The van der Waals surface area contributed by atoms with Gasteiger partial charge in [0.15, 0.2) is 0 Å². The number of carboxylic acid groups (broad SMARTS) is 1. The van der Waals surface area contributed by atoms with E-state index in [4.69, 9.17) is 5.73 Å². The molecule has 0 aliphatic rings. The average Bonchev–Trinajstić information content (AvgIpc) is 2.80. The summed E-state index contributed by atoms with van der Waals surface area (Å²) in [6, 6.07) is -2.05. The zero-order valence-corrected chi connectivity index (χ0v) is 23.5. The summed E-state index contributed by atoms with van der Waals surface area (Å²) in [7, 11) is -7.87. The Hall–Kier alpha value is -1.38. The molecule has 0 aliphatic heterocycles. The van der Waals surface area contributed by atoms with Crippen LogP contribution in [0.1, 0.15) is 26.2 Å². The molecule has 0 saturated heterocycles. The van der Waals surface area contributed by atoms with Crippen molar-refractivity contribution in [2.75, 3.05) is 6.54 Å². The van der Waals surface area contributed by atoms with Crippen molar-refractivity contribution in [1.82, 2.24) is 4.47 Å². The van der Waals surface area contributed by atoms with E-state index in [1.165, 1.54) is 0 Å². The molecule has 0 aliphatic carbocycles. The molecule has 0 aromatic carbocycles. The second-order valence-corrected chi connectivity index (χ2v) is 9.79. The minimum Gasteiger partial charge on any atom is -0.548 e. The fraction of sp³-hybridized carbons (Fsp3) is 0.875. The molecule has 0 heterocycles. The van der Waals surface area contributed by atoms with Gasteiger partial charge >= 0.3 is 92.5 Å². The topological polar surface area (TPSA) is 130 Å². The molecule has 0 amide bonds. The first-order valence-corrected chi connectivity index (χ1v) is 11.5. The summed E-state index contributed by atoms with van der Waals surface area (Å²) in [5.41, 5.74) is 4.87. The number of carbonyl (C=O) groups is 2. The van der Waals surface area contributed by atoms with Crippen molar-refractivity contribution in [3.63, 3.8) is 0 Å². The van der Waals surface area contributed by atoms with Crippen molar-refractivity contribution >= 4 is 22.0 Å². The van der Waals surface area contributed by atoms with E-state index < -0.39 is 105 Å². The van der Waals surface area contributed by atoms with Gasteiger partial charge in [-0.1, -0.05) is 6.92 Å². The second kappa shape index (κ2) is 13.2. The molecular weight excluding hydrogens is 694 g/mol. The third-order valence-corrected chi connectivity index (χ3v) is 6.55. The van der Waals surface area contributed by atoms with Crippen LogP contribution in [0.2, 0.25) is 0 Å². The van der Waals surface area contributed by atoms with Crippen LogP contribution < -0.4 is 40.4 Å². The molecule has 0 spiro atoms. The second-order valence-electron chi connectivity index (χ2n) is 7.92. The van der Waals surface area contributed by atoms with Gasteiger partial charge in [-0.05, 0) is 17.3 Å². The number of alkyl halides is 17. The zero-order chi connectivity index (χ0) is 34.3. The number of nitrogens with zero attached hydrogens (tertiary/aromatic N) is 1. The van der Waals surface area contributed by atoms with E-state index in [-0.39, 0.29) is 29.6 Å². The van der Waals surface area contributed by atoms with Crippen molar-refractivity contribution in [1.29, 1.82) is 0 Å². The summed E-state index contributed by atoms with van der Waals surface area (Å²) >= 11 is 0. The number of carboxylic acids is 1. The van der Waals surface area contributed by atoms with Gasteiger partial charge in [-0.2, -0.15) is 74.6 Å². The monoisotopic (exact) mass is 708 g/mol. The van der Waals surface area contributed by atoms with Crippen LogP contribution in [-0.2, 0) is 24.4 Å². The summed E-state index contributed by atoms with van der Waals surface area (Å²) in [6.07, 6.45) is -11.3. The zero-order valence-electron chi connectivity index (χ0n) is 20.7. The van der Waals surface area contributed by atoms with Gasteiger partial charge in [-0.3, -0.25) is 4.79 Å². The number of carbonyl (C=O) groups excluding carboxylic acids is 2. The van der Waals surface area contributed by atoms with Gasteiger partial charge in [0.2, 0.25) is 0 Å². The van der Waals surface area contributed by atoms with E-state index in [1.54, 1.807) is 0 Å². The Labute approximate surface area is 249 Å². The van der Waals surface area contributed by atoms with Gasteiger partial charge < -0.3 is 20.5 Å². The van der Waals surface area contributed by atoms with E-state index in [9.17, 15) is 97.8 Å². The van der Waals surface area contributed by atoms with Crippen molar-refractivity contribution in [2.24, 2.45) is 5.73 Å². The third kappa shape index (κ3) is 7.06. The van der Waals surface area contributed by atoms with E-state index in [0.717, 1.165) is 6.92 Å². The molecule has 0 aromatic rings. The van der Waals surface area contributed by atoms with Crippen molar-refractivity contribution in [3.05, 3.63) is 0 Å². The standard InChI is InChI=1S/C16H15F17N2O6S.Na/c1-2-5-35(41-7(36)4-3-6(34)8(37)38)42(39,40)16(32,33)14(27,28)12(23,24)10(19,20)9(17,18)11(21,22)13(25,26)15(29,30)31;/h6H,2-5,34H2,1H3,(H,37,38);/q;+1/p-1/t6-;/m0./s1. The fourth-order valence-electron chi connectivity index (χ4n) is 2.39. The summed E-state index contributed by atoms with van der Waals surface area (Å²) in [5, 5.41) is 2.51. The molecule has 250 valence electrons. The van der Waals surface area contributed by atoms with Crippen LogP contribution in [0.3, 0.4) is 0 Å². The fourth-order valence-corrected chi connectivity index (χ4v) is 3.70. The van der Waals surface area contributed by atoms with Crippen LogP contribution in [0.25, 0.3) is 0 Å².